The first-order valence-electron chi connectivity index (χ1n) is 14.5. The Kier molecular flexibility index (Phi) is 13.0. The Morgan fingerprint density at radius 1 is 1.05 bits per heavy atom. The van der Waals surface area contributed by atoms with E-state index in [2.05, 4.69) is 15.6 Å². The van der Waals surface area contributed by atoms with Crippen molar-refractivity contribution in [1.29, 1.82) is 0 Å². The van der Waals surface area contributed by atoms with Crippen molar-refractivity contribution in [2.75, 3.05) is 48.3 Å². The lowest BCUT2D eigenvalue weighted by atomic mass is 10.0. The van der Waals surface area contributed by atoms with Gasteiger partial charge in [-0.1, -0.05) is 26.0 Å². The predicted octanol–water partition coefficient (Wildman–Crippen LogP) is 5.74. The van der Waals surface area contributed by atoms with Gasteiger partial charge in [0.2, 0.25) is 5.95 Å². The first kappa shape index (κ1) is 32.7. The number of ether oxygens (including phenoxy) is 2. The summed E-state index contributed by atoms with van der Waals surface area (Å²) in [4.78, 5) is 38.6. The molecule has 1 amide bonds. The maximum absolute atomic E-state index is 13.3. The van der Waals surface area contributed by atoms with E-state index in [9.17, 15) is 9.59 Å². The molecule has 0 bridgehead atoms. The minimum Gasteiger partial charge on any atom is -0.458 e. The fourth-order valence-corrected chi connectivity index (χ4v) is 4.19. The lowest BCUT2D eigenvalue weighted by Crippen LogP contribution is -2.38. The summed E-state index contributed by atoms with van der Waals surface area (Å²) in [6.07, 6.45) is 3.77. The number of carbonyl (C=O) groups is 2. The maximum atomic E-state index is 13.3. The normalized spacial score (nSPS) is 13.6. The number of nitrogens with one attached hydrogen (secondary N) is 2. The largest absolute Gasteiger partial charge is 0.458 e. The quantitative estimate of drug-likeness (QED) is 0.335. The van der Waals surface area contributed by atoms with E-state index in [1.54, 1.807) is 23.2 Å². The summed E-state index contributed by atoms with van der Waals surface area (Å²) in [5.41, 5.74) is 0.950. The Bertz CT molecular complexity index is 1060. The standard InChI is InChI=1S/C28H42N6O4.C2H6/c1-7-29-23-19-30-26(33(8-2)9-3)32-24(23)31-22(25(35)38-28(4,5)6)18-20-12-14-21(15-13-20)37-27(36)34-16-10-11-17-34;1-2/h12-15,19,22,29H,7-11,16-18H2,1-6H3,(H,30,31,32);1-2H3. The van der Waals surface area contributed by atoms with Crippen LogP contribution in [0.3, 0.4) is 0 Å². The maximum Gasteiger partial charge on any atom is 0.415 e. The van der Waals surface area contributed by atoms with E-state index in [0.29, 0.717) is 36.2 Å². The van der Waals surface area contributed by atoms with E-state index in [0.717, 1.165) is 44.6 Å². The third-order valence-corrected chi connectivity index (χ3v) is 6.12. The second-order valence-corrected chi connectivity index (χ2v) is 10.3. The highest BCUT2D eigenvalue weighted by Crippen LogP contribution is 2.25. The molecule has 10 nitrogen and oxygen atoms in total. The highest BCUT2D eigenvalue weighted by atomic mass is 16.6. The van der Waals surface area contributed by atoms with Crippen molar-refractivity contribution in [3.63, 3.8) is 0 Å². The van der Waals surface area contributed by atoms with Crippen LogP contribution in [0.2, 0.25) is 0 Å². The number of amides is 1. The number of hydrogen-bond acceptors (Lipinski definition) is 9. The molecule has 2 aromatic rings. The Labute approximate surface area is 239 Å². The molecule has 222 valence electrons. The van der Waals surface area contributed by atoms with Crippen LogP contribution in [0, 0.1) is 0 Å². The van der Waals surface area contributed by atoms with Crippen molar-refractivity contribution in [1.82, 2.24) is 14.9 Å². The third-order valence-electron chi connectivity index (χ3n) is 6.12. The van der Waals surface area contributed by atoms with Crippen molar-refractivity contribution in [2.45, 2.75) is 86.3 Å². The molecule has 40 heavy (non-hydrogen) atoms. The van der Waals surface area contributed by atoms with E-state index in [1.165, 1.54) is 0 Å². The van der Waals surface area contributed by atoms with Crippen LogP contribution >= 0.6 is 0 Å². The van der Waals surface area contributed by atoms with Gasteiger partial charge in [0.25, 0.3) is 0 Å². The fourth-order valence-electron chi connectivity index (χ4n) is 4.19. The molecule has 0 aliphatic carbocycles. The zero-order chi connectivity index (χ0) is 29.7. The molecule has 3 rings (SSSR count). The summed E-state index contributed by atoms with van der Waals surface area (Å²) in [6, 6.07) is 6.52. The number of rotatable bonds is 11. The van der Waals surface area contributed by atoms with Crippen molar-refractivity contribution in [3.8, 4) is 5.75 Å². The molecule has 0 spiro atoms. The number of benzene rings is 1. The molecule has 0 radical (unpaired) electrons. The van der Waals surface area contributed by atoms with Gasteiger partial charge in [-0.15, -0.1) is 0 Å². The minimum atomic E-state index is -0.705. The molecule has 1 unspecified atom stereocenters. The van der Waals surface area contributed by atoms with E-state index in [1.807, 2.05) is 72.4 Å². The third kappa shape index (κ3) is 9.88. The van der Waals surface area contributed by atoms with Crippen LogP contribution in [-0.2, 0) is 16.0 Å². The summed E-state index contributed by atoms with van der Waals surface area (Å²) >= 11 is 0. The lowest BCUT2D eigenvalue weighted by Gasteiger charge is -2.26. The van der Waals surface area contributed by atoms with Crippen molar-refractivity contribution < 1.29 is 19.1 Å². The molecule has 1 aromatic heterocycles. The van der Waals surface area contributed by atoms with Crippen molar-refractivity contribution in [3.05, 3.63) is 36.0 Å². The van der Waals surface area contributed by atoms with E-state index in [4.69, 9.17) is 14.5 Å². The van der Waals surface area contributed by atoms with Gasteiger partial charge in [0.1, 0.15) is 17.4 Å². The molecule has 1 fully saturated rings. The van der Waals surface area contributed by atoms with Gasteiger partial charge in [-0.2, -0.15) is 4.98 Å². The molecule has 1 saturated heterocycles. The summed E-state index contributed by atoms with van der Waals surface area (Å²) in [5.74, 6) is 1.22. The monoisotopic (exact) mass is 556 g/mol. The Morgan fingerprint density at radius 3 is 2.23 bits per heavy atom. The number of aromatic nitrogens is 2. The van der Waals surface area contributed by atoms with Gasteiger partial charge >= 0.3 is 12.1 Å². The van der Waals surface area contributed by atoms with E-state index >= 15 is 0 Å². The van der Waals surface area contributed by atoms with Crippen LogP contribution < -0.4 is 20.3 Å². The molecule has 1 atom stereocenters. The van der Waals surface area contributed by atoms with E-state index < -0.39 is 11.6 Å². The molecule has 1 aromatic carbocycles. The van der Waals surface area contributed by atoms with Gasteiger partial charge < -0.3 is 29.9 Å². The average molecular weight is 557 g/mol. The molecule has 2 N–H and O–H groups in total. The Balaban J connectivity index is 0.00000274. The van der Waals surface area contributed by atoms with Gasteiger partial charge in [0.15, 0.2) is 5.82 Å². The fraction of sp³-hybridized carbons (Fsp3) is 0.600. The van der Waals surface area contributed by atoms with Crippen molar-refractivity contribution >= 4 is 29.5 Å². The second-order valence-electron chi connectivity index (χ2n) is 10.3. The van der Waals surface area contributed by atoms with Gasteiger partial charge in [-0.25, -0.2) is 14.6 Å². The molecule has 10 heteroatoms. The first-order valence-corrected chi connectivity index (χ1v) is 14.5. The molecular weight excluding hydrogens is 508 g/mol. The summed E-state index contributed by atoms with van der Waals surface area (Å²) in [6.45, 7) is 19.3. The first-order chi connectivity index (χ1) is 19.1. The van der Waals surface area contributed by atoms with Crippen LogP contribution in [0.25, 0.3) is 0 Å². The molecule has 1 aliphatic rings. The topological polar surface area (TPSA) is 109 Å². The van der Waals surface area contributed by atoms with Crippen LogP contribution in [0.5, 0.6) is 5.75 Å². The van der Waals surface area contributed by atoms with Crippen LogP contribution in [-0.4, -0.2) is 71.3 Å². The Morgan fingerprint density at radius 2 is 1.68 bits per heavy atom. The highest BCUT2D eigenvalue weighted by Gasteiger charge is 2.27. The zero-order valence-electron chi connectivity index (χ0n) is 25.5. The second kappa shape index (κ2) is 15.9. The molecule has 0 saturated carbocycles. The average Bonchev–Trinajstić information content (AvgIpc) is 3.47. The number of hydrogen-bond donors (Lipinski definition) is 2. The van der Waals surface area contributed by atoms with Crippen molar-refractivity contribution in [2.24, 2.45) is 0 Å². The number of nitrogens with zero attached hydrogens (tertiary/aromatic N) is 4. The Hall–Kier alpha value is -3.56. The number of carbonyl (C=O) groups excluding carboxylic acids is 2. The molecule has 2 heterocycles. The van der Waals surface area contributed by atoms with Gasteiger partial charge in [-0.3, -0.25) is 0 Å². The van der Waals surface area contributed by atoms with E-state index in [-0.39, 0.29) is 12.1 Å². The SMILES string of the molecule is CC.CCNc1cnc(N(CC)CC)nc1NC(Cc1ccc(OC(=O)N2CCCC2)cc1)C(=O)OC(C)(C)C. The smallest absolute Gasteiger partial charge is 0.415 e. The summed E-state index contributed by atoms with van der Waals surface area (Å²) < 4.78 is 11.3. The van der Waals surface area contributed by atoms with Crippen LogP contribution in [0.15, 0.2) is 30.5 Å². The van der Waals surface area contributed by atoms with Gasteiger partial charge in [0, 0.05) is 39.1 Å². The van der Waals surface area contributed by atoms with Gasteiger partial charge in [0.05, 0.1) is 11.9 Å². The number of likely N-dealkylation sites (tertiary alicyclic amines) is 1. The zero-order valence-corrected chi connectivity index (χ0v) is 25.5. The molecular formula is C30H48N6O4. The van der Waals surface area contributed by atoms with Gasteiger partial charge in [-0.05, 0) is 72.1 Å². The summed E-state index contributed by atoms with van der Waals surface area (Å²) in [5, 5.41) is 6.60. The van der Waals surface area contributed by atoms with Crippen LogP contribution in [0.1, 0.15) is 73.8 Å². The highest BCUT2D eigenvalue weighted by molar-refractivity contribution is 5.81. The summed E-state index contributed by atoms with van der Waals surface area (Å²) in [7, 11) is 0. The predicted molar refractivity (Wildman–Crippen MR) is 161 cm³/mol. The lowest BCUT2D eigenvalue weighted by molar-refractivity contribution is -0.155. The van der Waals surface area contributed by atoms with Crippen LogP contribution in [0.4, 0.5) is 22.2 Å². The minimum absolute atomic E-state index is 0.327. The number of anilines is 3. The molecule has 1 aliphatic heterocycles. The number of esters is 1.